The Labute approximate surface area is 81.2 Å². The number of nitrogens with zero attached hydrogens (tertiary/aromatic N) is 2. The molecule has 0 bridgehead atoms. The Hall–Kier alpha value is -0.570. The van der Waals surface area contributed by atoms with Crippen LogP contribution in [0.4, 0.5) is 0 Å². The second-order valence-corrected chi connectivity index (χ2v) is 3.73. The smallest absolute Gasteiger partial charge is 0.0990 e. The predicted molar refractivity (Wildman–Crippen MR) is 57.3 cm³/mol. The third-order valence-electron chi connectivity index (χ3n) is 2.21. The predicted octanol–water partition coefficient (Wildman–Crippen LogP) is 1.11. The number of piperazine rings is 1. The summed E-state index contributed by atoms with van der Waals surface area (Å²) < 4.78 is 0. The molecule has 1 heterocycles. The molecule has 13 heavy (non-hydrogen) atoms. The normalized spacial score (nSPS) is 19.7. The molecule has 0 aromatic carbocycles. The van der Waals surface area contributed by atoms with Crippen molar-refractivity contribution in [2.45, 2.75) is 33.2 Å². The first-order chi connectivity index (χ1) is 6.24. The van der Waals surface area contributed by atoms with Crippen molar-refractivity contribution in [3.8, 4) is 0 Å². The van der Waals surface area contributed by atoms with Gasteiger partial charge in [-0.1, -0.05) is 6.92 Å². The summed E-state index contributed by atoms with van der Waals surface area (Å²) in [5, 5.41) is 3.35. The number of nitrogens with one attached hydrogen (secondary N) is 1. The lowest BCUT2D eigenvalue weighted by atomic mass is 10.3. The zero-order chi connectivity index (χ0) is 9.68. The van der Waals surface area contributed by atoms with E-state index in [4.69, 9.17) is 0 Å². The highest BCUT2D eigenvalue weighted by atomic mass is 15.2. The van der Waals surface area contributed by atoms with Gasteiger partial charge in [0.05, 0.1) is 5.84 Å². The minimum Gasteiger partial charge on any atom is -0.358 e. The summed E-state index contributed by atoms with van der Waals surface area (Å²) in [4.78, 5) is 7.03. The molecule has 0 radical (unpaired) electrons. The molecular weight excluding hydrogens is 162 g/mol. The van der Waals surface area contributed by atoms with Crippen LogP contribution in [0.2, 0.25) is 0 Å². The third kappa shape index (κ3) is 3.35. The molecule has 1 N–H and O–H groups in total. The van der Waals surface area contributed by atoms with Gasteiger partial charge in [0.1, 0.15) is 0 Å². The van der Waals surface area contributed by atoms with Gasteiger partial charge in [-0.05, 0) is 13.8 Å². The monoisotopic (exact) mass is 183 g/mol. The van der Waals surface area contributed by atoms with Crippen LogP contribution < -0.4 is 5.32 Å². The fraction of sp³-hybridized carbons (Fsp3) is 0.900. The zero-order valence-electron chi connectivity index (χ0n) is 9.01. The number of hydrogen-bond donors (Lipinski definition) is 1. The van der Waals surface area contributed by atoms with Crippen LogP contribution in [0.5, 0.6) is 0 Å². The van der Waals surface area contributed by atoms with E-state index < -0.39 is 0 Å². The number of aliphatic imine (C=N–C) groups is 1. The van der Waals surface area contributed by atoms with Gasteiger partial charge in [0.2, 0.25) is 0 Å². The maximum absolute atomic E-state index is 4.63. The van der Waals surface area contributed by atoms with Gasteiger partial charge in [-0.25, -0.2) is 0 Å². The Morgan fingerprint density at radius 2 is 2.00 bits per heavy atom. The van der Waals surface area contributed by atoms with E-state index in [9.17, 15) is 0 Å². The van der Waals surface area contributed by atoms with Crippen LogP contribution in [-0.4, -0.2) is 43.0 Å². The van der Waals surface area contributed by atoms with Crippen molar-refractivity contribution in [1.29, 1.82) is 0 Å². The Morgan fingerprint density at radius 1 is 1.38 bits per heavy atom. The standard InChI is InChI=1S/C10H21N3/c1-4-10(12-9(2)3)13-7-5-11-6-8-13/h9,11H,4-8H2,1-3H3. The largest absolute Gasteiger partial charge is 0.358 e. The maximum atomic E-state index is 4.63. The molecule has 0 aromatic heterocycles. The Bertz CT molecular complexity index is 169. The van der Waals surface area contributed by atoms with E-state index in [-0.39, 0.29) is 0 Å². The van der Waals surface area contributed by atoms with Crippen LogP contribution in [0.3, 0.4) is 0 Å². The summed E-state index contributed by atoms with van der Waals surface area (Å²) in [7, 11) is 0. The molecule has 0 amide bonds. The highest BCUT2D eigenvalue weighted by molar-refractivity contribution is 5.82. The van der Waals surface area contributed by atoms with Crippen molar-refractivity contribution >= 4 is 5.84 Å². The van der Waals surface area contributed by atoms with Crippen LogP contribution in [0.15, 0.2) is 4.99 Å². The van der Waals surface area contributed by atoms with Crippen molar-refractivity contribution in [2.75, 3.05) is 26.2 Å². The van der Waals surface area contributed by atoms with Crippen LogP contribution in [0, 0.1) is 0 Å². The van der Waals surface area contributed by atoms with Gasteiger partial charge in [0.25, 0.3) is 0 Å². The molecule has 0 unspecified atom stereocenters. The molecule has 1 fully saturated rings. The van der Waals surface area contributed by atoms with Crippen molar-refractivity contribution in [1.82, 2.24) is 10.2 Å². The highest BCUT2D eigenvalue weighted by Crippen LogP contribution is 2.01. The number of rotatable bonds is 2. The number of amidine groups is 1. The van der Waals surface area contributed by atoms with Gasteiger partial charge in [0.15, 0.2) is 0 Å². The summed E-state index contributed by atoms with van der Waals surface area (Å²) >= 11 is 0. The Balaban J connectivity index is 2.53. The quantitative estimate of drug-likeness (QED) is 0.513. The minimum atomic E-state index is 0.421. The molecule has 1 rings (SSSR count). The van der Waals surface area contributed by atoms with E-state index in [1.54, 1.807) is 0 Å². The molecule has 1 saturated heterocycles. The molecule has 0 aromatic rings. The molecule has 3 heteroatoms. The maximum Gasteiger partial charge on any atom is 0.0990 e. The van der Waals surface area contributed by atoms with E-state index in [1.807, 2.05) is 0 Å². The van der Waals surface area contributed by atoms with Crippen LogP contribution in [0.25, 0.3) is 0 Å². The average molecular weight is 183 g/mol. The highest BCUT2D eigenvalue weighted by Gasteiger charge is 2.12. The first-order valence-electron chi connectivity index (χ1n) is 5.26. The fourth-order valence-corrected chi connectivity index (χ4v) is 1.62. The lowest BCUT2D eigenvalue weighted by Gasteiger charge is -2.30. The molecule has 1 aliphatic rings. The van der Waals surface area contributed by atoms with Gasteiger partial charge in [-0.15, -0.1) is 0 Å². The number of hydrogen-bond acceptors (Lipinski definition) is 2. The topological polar surface area (TPSA) is 27.6 Å². The average Bonchev–Trinajstić information content (AvgIpc) is 2.15. The van der Waals surface area contributed by atoms with Gasteiger partial charge in [-0.3, -0.25) is 4.99 Å². The van der Waals surface area contributed by atoms with E-state index in [0.29, 0.717) is 6.04 Å². The lowest BCUT2D eigenvalue weighted by Crippen LogP contribution is -2.46. The molecular formula is C10H21N3. The van der Waals surface area contributed by atoms with Crippen LogP contribution in [-0.2, 0) is 0 Å². The summed E-state index contributed by atoms with van der Waals surface area (Å²) in [6.07, 6.45) is 1.05. The molecule has 0 atom stereocenters. The Morgan fingerprint density at radius 3 is 2.46 bits per heavy atom. The molecule has 3 nitrogen and oxygen atoms in total. The van der Waals surface area contributed by atoms with Crippen molar-refractivity contribution in [2.24, 2.45) is 4.99 Å². The van der Waals surface area contributed by atoms with Gasteiger partial charge < -0.3 is 10.2 Å². The molecule has 76 valence electrons. The van der Waals surface area contributed by atoms with E-state index in [1.165, 1.54) is 5.84 Å². The summed E-state index contributed by atoms with van der Waals surface area (Å²) in [5.41, 5.74) is 0. The first kappa shape index (κ1) is 10.5. The first-order valence-corrected chi connectivity index (χ1v) is 5.26. The molecule has 0 saturated carbocycles. The second-order valence-electron chi connectivity index (χ2n) is 3.73. The van der Waals surface area contributed by atoms with Crippen LogP contribution >= 0.6 is 0 Å². The molecule has 1 aliphatic heterocycles. The van der Waals surface area contributed by atoms with Gasteiger partial charge in [-0.2, -0.15) is 0 Å². The van der Waals surface area contributed by atoms with Gasteiger partial charge >= 0.3 is 0 Å². The third-order valence-corrected chi connectivity index (χ3v) is 2.21. The zero-order valence-corrected chi connectivity index (χ0v) is 9.01. The minimum absolute atomic E-state index is 0.421. The van der Waals surface area contributed by atoms with E-state index in [2.05, 4.69) is 36.0 Å². The summed E-state index contributed by atoms with van der Waals surface area (Å²) in [6.45, 7) is 10.9. The summed E-state index contributed by atoms with van der Waals surface area (Å²) in [5.74, 6) is 1.27. The fourth-order valence-electron chi connectivity index (χ4n) is 1.62. The lowest BCUT2D eigenvalue weighted by molar-refractivity contribution is 0.350. The Kier molecular flexibility index (Phi) is 4.22. The molecule has 0 aliphatic carbocycles. The van der Waals surface area contributed by atoms with Crippen LogP contribution in [0.1, 0.15) is 27.2 Å². The molecule has 0 spiro atoms. The van der Waals surface area contributed by atoms with Crippen molar-refractivity contribution < 1.29 is 0 Å². The summed E-state index contributed by atoms with van der Waals surface area (Å²) in [6, 6.07) is 0.421. The van der Waals surface area contributed by atoms with E-state index in [0.717, 1.165) is 32.6 Å². The van der Waals surface area contributed by atoms with Crippen molar-refractivity contribution in [3.05, 3.63) is 0 Å². The van der Waals surface area contributed by atoms with Gasteiger partial charge in [0, 0.05) is 38.6 Å². The second kappa shape index (κ2) is 5.22. The SMILES string of the molecule is CCC(=NC(C)C)N1CCNCC1. The van der Waals surface area contributed by atoms with E-state index >= 15 is 0 Å². The van der Waals surface area contributed by atoms with Crippen molar-refractivity contribution in [3.63, 3.8) is 0 Å².